The Morgan fingerprint density at radius 1 is 1.19 bits per heavy atom. The molecule has 3 saturated carbocycles. The van der Waals surface area contributed by atoms with Crippen LogP contribution in [0.2, 0.25) is 0 Å². The molecule has 3 rings (SSSR count). The van der Waals surface area contributed by atoms with E-state index in [9.17, 15) is 4.79 Å². The fourth-order valence-electron chi connectivity index (χ4n) is 4.22. The van der Waals surface area contributed by atoms with Gasteiger partial charge in [-0.1, -0.05) is 22.6 Å². The summed E-state index contributed by atoms with van der Waals surface area (Å²) in [7, 11) is 0. The normalized spacial score (nSPS) is 43.2. The number of nitrogens with one attached hydrogen (secondary N) is 1. The van der Waals surface area contributed by atoms with Gasteiger partial charge in [-0.05, 0) is 60.2 Å². The second kappa shape index (κ2) is 4.46. The van der Waals surface area contributed by atoms with Gasteiger partial charge in [0, 0.05) is 12.5 Å². The molecule has 0 spiro atoms. The molecule has 90 valence electrons. The van der Waals surface area contributed by atoms with Crippen LogP contribution in [0.15, 0.2) is 0 Å². The second-order valence-corrected chi connectivity index (χ2v) is 6.78. The van der Waals surface area contributed by atoms with E-state index in [1.54, 1.807) is 0 Å². The molecule has 3 fully saturated rings. The Morgan fingerprint density at radius 2 is 1.88 bits per heavy atom. The number of alkyl halides is 1. The van der Waals surface area contributed by atoms with Gasteiger partial charge in [-0.2, -0.15) is 0 Å². The lowest BCUT2D eigenvalue weighted by atomic mass is 10.0. The molecule has 0 aromatic rings. The summed E-state index contributed by atoms with van der Waals surface area (Å²) in [5.74, 6) is 4.22. The predicted octanol–water partition coefficient (Wildman–Crippen LogP) is 2.61. The van der Waals surface area contributed by atoms with Crippen molar-refractivity contribution in [3.8, 4) is 0 Å². The van der Waals surface area contributed by atoms with Crippen LogP contribution in [0, 0.1) is 29.6 Å². The van der Waals surface area contributed by atoms with Crippen molar-refractivity contribution in [2.45, 2.75) is 32.1 Å². The number of rotatable bonds is 5. The molecular formula is C13H20INO. The average molecular weight is 333 g/mol. The number of amides is 1. The number of fused-ring (bicyclic) bond motifs is 5. The van der Waals surface area contributed by atoms with Crippen molar-refractivity contribution in [2.24, 2.45) is 29.6 Å². The number of carbonyl (C=O) groups is 1. The number of hydrogen-bond donors (Lipinski definition) is 1. The Labute approximate surface area is 111 Å². The van der Waals surface area contributed by atoms with Gasteiger partial charge in [0.05, 0.1) is 0 Å². The quantitative estimate of drug-likeness (QED) is 0.468. The molecule has 16 heavy (non-hydrogen) atoms. The first-order valence-corrected chi connectivity index (χ1v) is 8.19. The topological polar surface area (TPSA) is 29.1 Å². The fraction of sp³-hybridized carbons (Fsp3) is 0.923. The molecule has 0 aromatic heterocycles. The van der Waals surface area contributed by atoms with Crippen LogP contribution in [0.25, 0.3) is 0 Å². The van der Waals surface area contributed by atoms with Crippen molar-refractivity contribution >= 4 is 28.5 Å². The monoisotopic (exact) mass is 333 g/mol. The van der Waals surface area contributed by atoms with Crippen molar-refractivity contribution in [1.82, 2.24) is 5.32 Å². The molecular weight excluding hydrogens is 313 g/mol. The van der Waals surface area contributed by atoms with Gasteiger partial charge in [0.2, 0.25) is 5.91 Å². The fourth-order valence-corrected chi connectivity index (χ4v) is 4.76. The zero-order chi connectivity index (χ0) is 11.1. The summed E-state index contributed by atoms with van der Waals surface area (Å²) in [6, 6.07) is 0. The van der Waals surface area contributed by atoms with Crippen molar-refractivity contribution in [1.29, 1.82) is 0 Å². The third-order valence-corrected chi connectivity index (χ3v) is 5.66. The van der Waals surface area contributed by atoms with Crippen molar-refractivity contribution < 1.29 is 4.79 Å². The van der Waals surface area contributed by atoms with Crippen LogP contribution in [0.5, 0.6) is 0 Å². The van der Waals surface area contributed by atoms with Crippen LogP contribution in [0.4, 0.5) is 0 Å². The SMILES string of the molecule is O=C(NCCCCI)C1C2C3CCC(C3)C12. The van der Waals surface area contributed by atoms with Crippen LogP contribution in [0.1, 0.15) is 32.1 Å². The van der Waals surface area contributed by atoms with E-state index in [1.807, 2.05) is 0 Å². The molecule has 0 heterocycles. The Balaban J connectivity index is 1.44. The Hall–Kier alpha value is 0.200. The number of unbranched alkanes of at least 4 members (excludes halogenated alkanes) is 1. The van der Waals surface area contributed by atoms with Gasteiger partial charge >= 0.3 is 0 Å². The molecule has 3 aliphatic rings. The van der Waals surface area contributed by atoms with E-state index in [1.165, 1.54) is 30.1 Å². The number of carbonyl (C=O) groups excluding carboxylic acids is 1. The smallest absolute Gasteiger partial charge is 0.223 e. The Bertz CT molecular complexity index is 278. The van der Waals surface area contributed by atoms with Gasteiger partial charge in [0.15, 0.2) is 0 Å². The molecule has 4 unspecified atom stereocenters. The first-order valence-electron chi connectivity index (χ1n) is 6.66. The molecule has 3 aliphatic carbocycles. The Kier molecular flexibility index (Phi) is 3.15. The molecule has 0 radical (unpaired) electrons. The zero-order valence-electron chi connectivity index (χ0n) is 9.62. The molecule has 1 N–H and O–H groups in total. The maximum absolute atomic E-state index is 12.0. The Morgan fingerprint density at radius 3 is 2.50 bits per heavy atom. The largest absolute Gasteiger partial charge is 0.356 e. The van der Waals surface area contributed by atoms with Crippen LogP contribution < -0.4 is 5.32 Å². The molecule has 2 bridgehead atoms. The summed E-state index contributed by atoms with van der Waals surface area (Å²) in [6.45, 7) is 0.896. The lowest BCUT2D eigenvalue weighted by Crippen LogP contribution is -2.28. The maximum atomic E-state index is 12.0. The van der Waals surface area contributed by atoms with Gasteiger partial charge < -0.3 is 5.32 Å². The lowest BCUT2D eigenvalue weighted by molar-refractivity contribution is -0.123. The predicted molar refractivity (Wildman–Crippen MR) is 72.4 cm³/mol. The third-order valence-electron chi connectivity index (χ3n) is 4.90. The molecule has 4 atom stereocenters. The van der Waals surface area contributed by atoms with Crippen molar-refractivity contribution in [3.05, 3.63) is 0 Å². The van der Waals surface area contributed by atoms with E-state index in [0.717, 1.165) is 36.6 Å². The lowest BCUT2D eigenvalue weighted by Gasteiger charge is -2.09. The van der Waals surface area contributed by atoms with E-state index in [2.05, 4.69) is 27.9 Å². The van der Waals surface area contributed by atoms with E-state index in [4.69, 9.17) is 0 Å². The van der Waals surface area contributed by atoms with Gasteiger partial charge in [-0.25, -0.2) is 0 Å². The van der Waals surface area contributed by atoms with Crippen LogP contribution in [-0.2, 0) is 4.79 Å². The molecule has 0 aromatic carbocycles. The standard InChI is InChI=1S/C13H20INO/c14-5-1-2-6-15-13(16)12-10-8-3-4-9(7-8)11(10)12/h8-12H,1-7H2,(H,15,16). The highest BCUT2D eigenvalue weighted by molar-refractivity contribution is 14.1. The van der Waals surface area contributed by atoms with E-state index < -0.39 is 0 Å². The van der Waals surface area contributed by atoms with Crippen molar-refractivity contribution in [3.63, 3.8) is 0 Å². The molecule has 1 amide bonds. The second-order valence-electron chi connectivity index (χ2n) is 5.70. The van der Waals surface area contributed by atoms with Crippen LogP contribution in [0.3, 0.4) is 0 Å². The number of hydrogen-bond acceptors (Lipinski definition) is 1. The zero-order valence-corrected chi connectivity index (χ0v) is 11.8. The summed E-state index contributed by atoms with van der Waals surface area (Å²) in [5, 5.41) is 3.13. The van der Waals surface area contributed by atoms with Gasteiger partial charge in [-0.3, -0.25) is 4.79 Å². The van der Waals surface area contributed by atoms with Crippen LogP contribution >= 0.6 is 22.6 Å². The van der Waals surface area contributed by atoms with E-state index in [0.29, 0.717) is 11.8 Å². The minimum Gasteiger partial charge on any atom is -0.356 e. The highest BCUT2D eigenvalue weighted by Crippen LogP contribution is 2.69. The van der Waals surface area contributed by atoms with E-state index in [-0.39, 0.29) is 0 Å². The van der Waals surface area contributed by atoms with Crippen molar-refractivity contribution in [2.75, 3.05) is 11.0 Å². The number of halogens is 1. The molecule has 0 saturated heterocycles. The summed E-state index contributed by atoms with van der Waals surface area (Å²) < 4.78 is 1.20. The highest BCUT2D eigenvalue weighted by atomic mass is 127. The summed E-state index contributed by atoms with van der Waals surface area (Å²) in [4.78, 5) is 12.0. The first-order chi connectivity index (χ1) is 7.83. The third kappa shape index (κ3) is 1.79. The first kappa shape index (κ1) is 11.3. The minimum absolute atomic E-state index is 0.375. The summed E-state index contributed by atoms with van der Waals surface area (Å²) in [5.41, 5.74) is 0. The molecule has 3 heteroatoms. The summed E-state index contributed by atoms with van der Waals surface area (Å²) >= 11 is 2.39. The van der Waals surface area contributed by atoms with Gasteiger partial charge in [-0.15, -0.1) is 0 Å². The molecule has 2 nitrogen and oxygen atoms in total. The highest BCUT2D eigenvalue weighted by Gasteiger charge is 2.67. The maximum Gasteiger partial charge on any atom is 0.223 e. The van der Waals surface area contributed by atoms with E-state index >= 15 is 0 Å². The average Bonchev–Trinajstić information content (AvgIpc) is 2.74. The minimum atomic E-state index is 0.375. The van der Waals surface area contributed by atoms with Gasteiger partial charge in [0.1, 0.15) is 0 Å². The van der Waals surface area contributed by atoms with Crippen LogP contribution in [-0.4, -0.2) is 16.9 Å². The van der Waals surface area contributed by atoms with Gasteiger partial charge in [0.25, 0.3) is 0 Å². The molecule has 0 aliphatic heterocycles. The summed E-state index contributed by atoms with van der Waals surface area (Å²) in [6.07, 6.45) is 6.62.